The van der Waals surface area contributed by atoms with Crippen molar-refractivity contribution in [2.45, 2.75) is 11.8 Å². The molecular weight excluding hydrogens is 439 g/mol. The SMILES string of the molecule is C(=CP(c1ccccc1)c1ccccc1)CC(c1ccccc1)(c1ccccc1)c1ccccc1. The maximum absolute atomic E-state index is 2.45. The van der Waals surface area contributed by atoms with Gasteiger partial charge in [0.15, 0.2) is 0 Å². The lowest BCUT2D eigenvalue weighted by atomic mass is 9.67. The molecule has 0 atom stereocenters. The van der Waals surface area contributed by atoms with Gasteiger partial charge < -0.3 is 0 Å². The van der Waals surface area contributed by atoms with Crippen molar-refractivity contribution in [2.24, 2.45) is 0 Å². The standard InChI is InChI=1S/C34H29P/c1-6-17-29(18-7-1)34(30-19-8-2-9-20-30,31-21-10-3-11-22-31)27-16-28-35(32-23-12-4-13-24-32)33-25-14-5-15-26-33/h1-26,28H,27H2. The van der Waals surface area contributed by atoms with Crippen LogP contribution in [-0.2, 0) is 5.41 Å². The van der Waals surface area contributed by atoms with Crippen LogP contribution in [0.1, 0.15) is 23.1 Å². The Morgan fingerprint density at radius 3 is 1.09 bits per heavy atom. The van der Waals surface area contributed by atoms with E-state index < -0.39 is 7.92 Å². The average molecular weight is 469 g/mol. The molecule has 0 aliphatic heterocycles. The van der Waals surface area contributed by atoms with Crippen LogP contribution in [0.25, 0.3) is 0 Å². The first-order valence-corrected chi connectivity index (χ1v) is 13.5. The first-order chi connectivity index (χ1) is 17.4. The second-order valence-electron chi connectivity index (χ2n) is 8.63. The summed E-state index contributed by atoms with van der Waals surface area (Å²) < 4.78 is 0. The minimum absolute atomic E-state index is 0.269. The van der Waals surface area contributed by atoms with Crippen LogP contribution >= 0.6 is 7.92 Å². The highest BCUT2D eigenvalue weighted by Gasteiger charge is 2.35. The number of hydrogen-bond acceptors (Lipinski definition) is 0. The van der Waals surface area contributed by atoms with Gasteiger partial charge >= 0.3 is 0 Å². The van der Waals surface area contributed by atoms with E-state index in [1.807, 2.05) is 0 Å². The van der Waals surface area contributed by atoms with Crippen LogP contribution < -0.4 is 10.6 Å². The fourth-order valence-corrected chi connectivity index (χ4v) is 6.80. The summed E-state index contributed by atoms with van der Waals surface area (Å²) in [5.41, 5.74) is 3.66. The van der Waals surface area contributed by atoms with Gasteiger partial charge in [-0.1, -0.05) is 164 Å². The number of allylic oxidation sites excluding steroid dienone is 1. The summed E-state index contributed by atoms with van der Waals surface area (Å²) in [5, 5.41) is 2.74. The molecule has 0 saturated heterocycles. The van der Waals surface area contributed by atoms with Crippen molar-refractivity contribution in [3.05, 3.63) is 180 Å². The zero-order valence-electron chi connectivity index (χ0n) is 19.7. The van der Waals surface area contributed by atoms with Crippen molar-refractivity contribution in [1.29, 1.82) is 0 Å². The highest BCUT2D eigenvalue weighted by Crippen LogP contribution is 2.44. The van der Waals surface area contributed by atoms with Crippen LogP contribution in [0.2, 0.25) is 0 Å². The van der Waals surface area contributed by atoms with E-state index in [0.717, 1.165) is 6.42 Å². The molecule has 0 heterocycles. The minimum atomic E-state index is -0.591. The van der Waals surface area contributed by atoms with E-state index in [-0.39, 0.29) is 5.41 Å². The van der Waals surface area contributed by atoms with E-state index in [4.69, 9.17) is 0 Å². The highest BCUT2D eigenvalue weighted by atomic mass is 31.1. The van der Waals surface area contributed by atoms with Gasteiger partial charge in [0, 0.05) is 5.41 Å². The molecule has 5 aromatic carbocycles. The molecule has 1 heteroatoms. The Bertz CT molecular complexity index is 1190. The molecule has 35 heavy (non-hydrogen) atoms. The maximum Gasteiger partial charge on any atom is 0.0485 e. The second kappa shape index (κ2) is 11.1. The molecule has 0 amide bonds. The summed E-state index contributed by atoms with van der Waals surface area (Å²) in [5.74, 6) is 2.45. The molecule has 0 bridgehead atoms. The van der Waals surface area contributed by atoms with Crippen LogP contribution in [-0.4, -0.2) is 0 Å². The Morgan fingerprint density at radius 2 is 0.743 bits per heavy atom. The van der Waals surface area contributed by atoms with E-state index in [2.05, 4.69) is 164 Å². The molecule has 5 rings (SSSR count). The fourth-order valence-electron chi connectivity index (χ4n) is 4.85. The molecule has 0 saturated carbocycles. The molecular formula is C34H29P. The summed E-state index contributed by atoms with van der Waals surface area (Å²) in [4.78, 5) is 0. The van der Waals surface area contributed by atoms with Crippen LogP contribution in [0, 0.1) is 0 Å². The Hall–Kier alpha value is -3.73. The molecule has 170 valence electrons. The van der Waals surface area contributed by atoms with Gasteiger partial charge in [0.2, 0.25) is 0 Å². The van der Waals surface area contributed by atoms with Crippen molar-refractivity contribution in [3.8, 4) is 0 Å². The van der Waals surface area contributed by atoms with Gasteiger partial charge in [-0.3, -0.25) is 0 Å². The van der Waals surface area contributed by atoms with E-state index in [0.29, 0.717) is 0 Å². The molecule has 0 aliphatic carbocycles. The van der Waals surface area contributed by atoms with Gasteiger partial charge in [-0.25, -0.2) is 0 Å². The molecule has 0 N–H and O–H groups in total. The zero-order chi connectivity index (χ0) is 23.8. The quantitative estimate of drug-likeness (QED) is 0.160. The summed E-state index contributed by atoms with van der Waals surface area (Å²) in [6.45, 7) is 0. The summed E-state index contributed by atoms with van der Waals surface area (Å²) in [6, 6.07) is 54.6. The topological polar surface area (TPSA) is 0 Å². The van der Waals surface area contributed by atoms with Crippen molar-refractivity contribution >= 4 is 18.5 Å². The Labute approximate surface area is 210 Å². The van der Waals surface area contributed by atoms with Crippen molar-refractivity contribution < 1.29 is 0 Å². The van der Waals surface area contributed by atoms with E-state index in [1.165, 1.54) is 27.3 Å². The third-order valence-corrected chi connectivity index (χ3v) is 8.76. The Kier molecular flexibility index (Phi) is 7.32. The van der Waals surface area contributed by atoms with Crippen molar-refractivity contribution in [2.75, 3.05) is 0 Å². The van der Waals surface area contributed by atoms with Gasteiger partial charge in [-0.2, -0.15) is 0 Å². The van der Waals surface area contributed by atoms with E-state index >= 15 is 0 Å². The molecule has 0 aliphatic rings. The summed E-state index contributed by atoms with van der Waals surface area (Å²) >= 11 is 0. The van der Waals surface area contributed by atoms with Gasteiger partial charge in [0.05, 0.1) is 0 Å². The highest BCUT2D eigenvalue weighted by molar-refractivity contribution is 7.75. The van der Waals surface area contributed by atoms with Crippen molar-refractivity contribution in [1.82, 2.24) is 0 Å². The minimum Gasteiger partial charge on any atom is -0.0819 e. The largest absolute Gasteiger partial charge is 0.0819 e. The van der Waals surface area contributed by atoms with Gasteiger partial charge in [0.25, 0.3) is 0 Å². The number of rotatable bonds is 8. The predicted molar refractivity (Wildman–Crippen MR) is 152 cm³/mol. The summed E-state index contributed by atoms with van der Waals surface area (Å²) in [6.07, 6.45) is 3.29. The molecule has 0 spiro atoms. The zero-order valence-corrected chi connectivity index (χ0v) is 20.6. The molecule has 0 radical (unpaired) electrons. The summed E-state index contributed by atoms with van der Waals surface area (Å²) in [7, 11) is -0.591. The number of benzene rings is 5. The maximum atomic E-state index is 2.45. The van der Waals surface area contributed by atoms with Crippen LogP contribution in [0.4, 0.5) is 0 Å². The molecule has 5 aromatic rings. The Balaban J connectivity index is 1.62. The van der Waals surface area contributed by atoms with Crippen LogP contribution in [0.3, 0.4) is 0 Å². The molecule has 0 fully saturated rings. The van der Waals surface area contributed by atoms with Crippen LogP contribution in [0.15, 0.2) is 164 Å². The normalized spacial score (nSPS) is 11.7. The van der Waals surface area contributed by atoms with E-state index in [9.17, 15) is 0 Å². The smallest absolute Gasteiger partial charge is 0.0485 e. The van der Waals surface area contributed by atoms with Crippen molar-refractivity contribution in [3.63, 3.8) is 0 Å². The monoisotopic (exact) mass is 468 g/mol. The predicted octanol–water partition coefficient (Wildman–Crippen LogP) is 8.06. The first kappa shape index (κ1) is 23.0. The molecule has 0 aromatic heterocycles. The lowest BCUT2D eigenvalue weighted by Crippen LogP contribution is -2.28. The fraction of sp³-hybridized carbons (Fsp3) is 0.0588. The first-order valence-electron chi connectivity index (χ1n) is 12.1. The lowest BCUT2D eigenvalue weighted by Gasteiger charge is -2.35. The Morgan fingerprint density at radius 1 is 0.429 bits per heavy atom. The van der Waals surface area contributed by atoms with Crippen LogP contribution in [0.5, 0.6) is 0 Å². The van der Waals surface area contributed by atoms with E-state index in [1.54, 1.807) is 0 Å². The average Bonchev–Trinajstić information content (AvgIpc) is 2.96. The third kappa shape index (κ3) is 5.04. The second-order valence-corrected chi connectivity index (χ2v) is 10.7. The number of hydrogen-bond donors (Lipinski definition) is 0. The van der Waals surface area contributed by atoms with Gasteiger partial charge in [0.1, 0.15) is 0 Å². The lowest BCUT2D eigenvalue weighted by molar-refractivity contribution is 0.628. The van der Waals surface area contributed by atoms with Gasteiger partial charge in [-0.05, 0) is 41.6 Å². The molecule has 0 unspecified atom stereocenters. The van der Waals surface area contributed by atoms with Gasteiger partial charge in [-0.15, -0.1) is 0 Å². The third-order valence-electron chi connectivity index (χ3n) is 6.55. The molecule has 0 nitrogen and oxygen atoms in total.